The summed E-state index contributed by atoms with van der Waals surface area (Å²) in [5.41, 5.74) is 5.10. The van der Waals surface area contributed by atoms with Crippen LogP contribution in [0.3, 0.4) is 0 Å². The third-order valence-corrected chi connectivity index (χ3v) is 7.53. The monoisotopic (exact) mass is 549 g/mol. The third kappa shape index (κ3) is 6.58. The fraction of sp³-hybridized carbons (Fsp3) is 0.433. The summed E-state index contributed by atoms with van der Waals surface area (Å²) in [7, 11) is 0. The molecule has 0 radical (unpaired) electrons. The third-order valence-electron chi connectivity index (χ3n) is 6.48. The first-order valence-corrected chi connectivity index (χ1v) is 14.7. The second kappa shape index (κ2) is 13.1. The zero-order chi connectivity index (χ0) is 27.9. The molecule has 9 heteroatoms. The summed E-state index contributed by atoms with van der Waals surface area (Å²) < 4.78 is 13.8. The van der Waals surface area contributed by atoms with Gasteiger partial charge < -0.3 is 20.1 Å². The van der Waals surface area contributed by atoms with Crippen LogP contribution in [0.1, 0.15) is 69.7 Å². The Bertz CT molecular complexity index is 1350. The molecule has 1 aliphatic heterocycles. The summed E-state index contributed by atoms with van der Waals surface area (Å²) in [4.78, 5) is 18.6. The summed E-state index contributed by atoms with van der Waals surface area (Å²) in [6.07, 6.45) is 3.03. The highest BCUT2D eigenvalue weighted by atomic mass is 32.2. The Balaban J connectivity index is 1.77. The first-order valence-electron chi connectivity index (χ1n) is 13.7. The van der Waals surface area contributed by atoms with E-state index in [1.54, 1.807) is 11.8 Å². The Morgan fingerprint density at radius 2 is 1.87 bits per heavy atom. The number of anilines is 2. The number of amides is 1. The molecule has 1 aliphatic rings. The number of carbonyl (C=O) groups is 1. The minimum atomic E-state index is -0.501. The van der Waals surface area contributed by atoms with Gasteiger partial charge in [-0.3, -0.25) is 4.79 Å². The van der Waals surface area contributed by atoms with E-state index in [0.29, 0.717) is 41.4 Å². The van der Waals surface area contributed by atoms with Crippen LogP contribution in [0.2, 0.25) is 0 Å². The van der Waals surface area contributed by atoms with Gasteiger partial charge >= 0.3 is 0 Å². The highest BCUT2D eigenvalue weighted by Gasteiger charge is 2.35. The van der Waals surface area contributed by atoms with Crippen LogP contribution in [0.4, 0.5) is 11.6 Å². The first-order chi connectivity index (χ1) is 18.9. The van der Waals surface area contributed by atoms with E-state index in [0.717, 1.165) is 53.1 Å². The van der Waals surface area contributed by atoms with Gasteiger partial charge in [0.15, 0.2) is 11.5 Å². The van der Waals surface area contributed by atoms with Crippen LogP contribution in [0.25, 0.3) is 0 Å². The van der Waals surface area contributed by atoms with Gasteiger partial charge in [-0.05, 0) is 69.9 Å². The van der Waals surface area contributed by atoms with Crippen molar-refractivity contribution < 1.29 is 14.3 Å². The second-order valence-electron chi connectivity index (χ2n) is 9.69. The van der Waals surface area contributed by atoms with Gasteiger partial charge in [0.2, 0.25) is 11.1 Å². The molecular formula is C30H39N5O3S. The molecule has 0 fully saturated rings. The highest BCUT2D eigenvalue weighted by molar-refractivity contribution is 7.99. The molecule has 39 heavy (non-hydrogen) atoms. The van der Waals surface area contributed by atoms with Crippen LogP contribution in [-0.2, 0) is 4.79 Å². The molecule has 0 saturated carbocycles. The summed E-state index contributed by atoms with van der Waals surface area (Å²) in [5, 5.41) is 12.0. The first kappa shape index (κ1) is 28.5. The lowest BCUT2D eigenvalue weighted by molar-refractivity contribution is -0.113. The molecule has 1 unspecified atom stereocenters. The summed E-state index contributed by atoms with van der Waals surface area (Å²) >= 11 is 1.61. The van der Waals surface area contributed by atoms with Crippen molar-refractivity contribution in [1.82, 2.24) is 14.8 Å². The molecule has 0 saturated heterocycles. The zero-order valence-corrected chi connectivity index (χ0v) is 24.6. The maximum absolute atomic E-state index is 13.9. The molecule has 8 nitrogen and oxygen atoms in total. The number of aryl methyl sites for hydroxylation is 2. The maximum Gasteiger partial charge on any atom is 0.255 e. The number of benzene rings is 2. The van der Waals surface area contributed by atoms with E-state index in [4.69, 9.17) is 19.6 Å². The van der Waals surface area contributed by atoms with E-state index >= 15 is 0 Å². The zero-order valence-electron chi connectivity index (χ0n) is 23.8. The largest absolute Gasteiger partial charge is 0.490 e. The van der Waals surface area contributed by atoms with Crippen molar-refractivity contribution in [2.45, 2.75) is 72.0 Å². The molecular weight excluding hydrogens is 510 g/mol. The SMILES string of the molecule is CCCCOc1ccc(C2C(C(=O)Nc3ccc(C)cc3C)=C(C)Nc3nc(SCCC)nn32)cc1OCC. The predicted molar refractivity (Wildman–Crippen MR) is 158 cm³/mol. The Morgan fingerprint density at radius 1 is 1.05 bits per heavy atom. The van der Waals surface area contributed by atoms with E-state index in [9.17, 15) is 4.79 Å². The Hall–Kier alpha value is -3.46. The lowest BCUT2D eigenvalue weighted by Crippen LogP contribution is -2.31. The number of allylic oxidation sites excluding steroid dienone is 1. The second-order valence-corrected chi connectivity index (χ2v) is 10.8. The Morgan fingerprint density at radius 3 is 2.59 bits per heavy atom. The number of hydrogen-bond donors (Lipinski definition) is 2. The number of aromatic nitrogens is 3. The number of carbonyl (C=O) groups excluding carboxylic acids is 1. The Kier molecular flexibility index (Phi) is 9.56. The fourth-order valence-corrected chi connectivity index (χ4v) is 5.22. The lowest BCUT2D eigenvalue weighted by Gasteiger charge is -2.29. The van der Waals surface area contributed by atoms with Gasteiger partial charge in [0.25, 0.3) is 5.91 Å². The minimum Gasteiger partial charge on any atom is -0.490 e. The molecule has 2 N–H and O–H groups in total. The van der Waals surface area contributed by atoms with Gasteiger partial charge in [-0.25, -0.2) is 4.68 Å². The van der Waals surface area contributed by atoms with Gasteiger partial charge in [-0.1, -0.05) is 55.8 Å². The number of unbranched alkanes of at least 4 members (excludes halogenated alkanes) is 1. The predicted octanol–water partition coefficient (Wildman–Crippen LogP) is 6.90. The normalized spacial score (nSPS) is 14.6. The Labute approximate surface area is 235 Å². The smallest absolute Gasteiger partial charge is 0.255 e. The van der Waals surface area contributed by atoms with E-state index in [2.05, 4.69) is 30.5 Å². The molecule has 0 bridgehead atoms. The van der Waals surface area contributed by atoms with E-state index < -0.39 is 6.04 Å². The summed E-state index contributed by atoms with van der Waals surface area (Å²) in [6, 6.07) is 11.4. The number of fused-ring (bicyclic) bond motifs is 1. The van der Waals surface area contributed by atoms with Crippen LogP contribution in [0.5, 0.6) is 11.5 Å². The lowest BCUT2D eigenvalue weighted by atomic mass is 9.94. The number of hydrogen-bond acceptors (Lipinski definition) is 7. The molecule has 4 rings (SSSR count). The number of nitrogens with one attached hydrogen (secondary N) is 2. The van der Waals surface area contributed by atoms with Gasteiger partial charge in [0.05, 0.1) is 18.8 Å². The van der Waals surface area contributed by atoms with Crippen molar-refractivity contribution in [2.24, 2.45) is 0 Å². The molecule has 1 atom stereocenters. The molecule has 1 aromatic heterocycles. The average Bonchev–Trinajstić information content (AvgIpc) is 3.31. The number of thioether (sulfide) groups is 1. The van der Waals surface area contributed by atoms with Gasteiger partial charge in [-0.15, -0.1) is 5.10 Å². The molecule has 3 aromatic rings. The van der Waals surface area contributed by atoms with Crippen LogP contribution in [0, 0.1) is 13.8 Å². The van der Waals surface area contributed by atoms with Gasteiger partial charge in [-0.2, -0.15) is 4.98 Å². The van der Waals surface area contributed by atoms with Crippen molar-refractivity contribution in [3.05, 3.63) is 64.4 Å². The number of nitrogens with zero attached hydrogens (tertiary/aromatic N) is 3. The van der Waals surface area contributed by atoms with Crippen molar-refractivity contribution in [3.63, 3.8) is 0 Å². The summed E-state index contributed by atoms with van der Waals surface area (Å²) in [5.74, 6) is 2.68. The van der Waals surface area contributed by atoms with Crippen molar-refractivity contribution in [2.75, 3.05) is 29.6 Å². The van der Waals surface area contributed by atoms with E-state index in [1.165, 1.54) is 0 Å². The van der Waals surface area contributed by atoms with Crippen LogP contribution >= 0.6 is 11.8 Å². The van der Waals surface area contributed by atoms with Crippen LogP contribution in [0.15, 0.2) is 52.8 Å². The van der Waals surface area contributed by atoms with Gasteiger partial charge in [0.1, 0.15) is 6.04 Å². The fourth-order valence-electron chi connectivity index (χ4n) is 4.54. The van der Waals surface area contributed by atoms with Crippen molar-refractivity contribution in [3.8, 4) is 11.5 Å². The maximum atomic E-state index is 13.9. The van der Waals surface area contributed by atoms with Gasteiger partial charge in [0, 0.05) is 17.1 Å². The van der Waals surface area contributed by atoms with Crippen LogP contribution < -0.4 is 20.1 Å². The molecule has 2 heterocycles. The van der Waals surface area contributed by atoms with E-state index in [-0.39, 0.29) is 5.91 Å². The highest BCUT2D eigenvalue weighted by Crippen LogP contribution is 2.40. The van der Waals surface area contributed by atoms with Crippen LogP contribution in [-0.4, -0.2) is 39.6 Å². The molecule has 1 amide bonds. The minimum absolute atomic E-state index is 0.193. The average molecular weight is 550 g/mol. The van der Waals surface area contributed by atoms with Crippen molar-refractivity contribution >= 4 is 29.3 Å². The quantitative estimate of drug-likeness (QED) is 0.188. The molecule has 208 valence electrons. The number of rotatable bonds is 12. The molecule has 2 aromatic carbocycles. The van der Waals surface area contributed by atoms with Crippen molar-refractivity contribution in [1.29, 1.82) is 0 Å². The topological polar surface area (TPSA) is 90.3 Å². The standard InChI is InChI=1S/C30H39N5O3S/c1-7-10-15-38-24-14-12-22(18-25(24)37-9-3)27-26(28(36)32-23-13-11-19(4)17-20(23)5)21(6)31-29-33-30(34-35(27)29)39-16-8-2/h11-14,17-18,27H,7-10,15-16H2,1-6H3,(H,32,36)(H,31,33,34). The van der Waals surface area contributed by atoms with E-state index in [1.807, 2.05) is 62.7 Å². The number of ether oxygens (including phenoxy) is 2. The molecule has 0 spiro atoms. The molecule has 0 aliphatic carbocycles. The summed E-state index contributed by atoms with van der Waals surface area (Å²) in [6.45, 7) is 13.3.